The van der Waals surface area contributed by atoms with Gasteiger partial charge in [0, 0.05) is 62.9 Å². The lowest BCUT2D eigenvalue weighted by molar-refractivity contribution is -0.271. The fraction of sp³-hybridized carbons (Fsp3) is 0.324. The van der Waals surface area contributed by atoms with Crippen molar-refractivity contribution in [2.75, 3.05) is 44.2 Å². The van der Waals surface area contributed by atoms with Crippen molar-refractivity contribution in [3.63, 3.8) is 0 Å². The van der Waals surface area contributed by atoms with Gasteiger partial charge in [0.1, 0.15) is 13.1 Å². The van der Waals surface area contributed by atoms with Crippen molar-refractivity contribution in [3.05, 3.63) is 100 Å². The number of nitrogens with zero attached hydrogens (tertiary/aromatic N) is 5. The van der Waals surface area contributed by atoms with Gasteiger partial charge in [0.25, 0.3) is 5.91 Å². The smallest absolute Gasteiger partial charge is 0.310 e. The molecule has 0 fully saturated rings. The average molecular weight is 672 g/mol. The molecule has 4 heterocycles. The van der Waals surface area contributed by atoms with Gasteiger partial charge in [-0.25, -0.2) is 15.3 Å². The van der Waals surface area contributed by atoms with Crippen LogP contribution in [0.5, 0.6) is 0 Å². The number of carbonyl (C=O) groups excluding carboxylic acids is 2. The highest BCUT2D eigenvalue weighted by Crippen LogP contribution is 2.34. The van der Waals surface area contributed by atoms with E-state index in [2.05, 4.69) is 31.2 Å². The topological polar surface area (TPSA) is 190 Å². The number of nitrogens with one attached hydrogen (secondary N) is 4. The van der Waals surface area contributed by atoms with Gasteiger partial charge in [-0.3, -0.25) is 19.1 Å². The minimum Gasteiger partial charge on any atom is -0.369 e. The van der Waals surface area contributed by atoms with Gasteiger partial charge >= 0.3 is 5.91 Å². The summed E-state index contributed by atoms with van der Waals surface area (Å²) in [6.45, 7) is 2.91. The lowest BCUT2D eigenvalue weighted by Crippen LogP contribution is -2.61. The van der Waals surface area contributed by atoms with Crippen LogP contribution in [0.25, 0.3) is 17.0 Å². The van der Waals surface area contributed by atoms with E-state index in [9.17, 15) is 24.6 Å². The Balaban J connectivity index is 0.000000211. The van der Waals surface area contributed by atoms with Crippen LogP contribution in [0.1, 0.15) is 42.5 Å². The van der Waals surface area contributed by atoms with Crippen molar-refractivity contribution in [2.45, 2.75) is 31.7 Å². The van der Waals surface area contributed by atoms with E-state index < -0.39 is 11.8 Å². The molecule has 0 saturated heterocycles. The molecule has 49 heavy (non-hydrogen) atoms. The summed E-state index contributed by atoms with van der Waals surface area (Å²) in [5.41, 5.74) is 12.8. The highest BCUT2D eigenvalue weighted by Gasteiger charge is 2.43. The van der Waals surface area contributed by atoms with E-state index in [1.165, 1.54) is 23.0 Å². The number of methoxy groups -OCH3 is 1. The number of pyridine rings is 1. The molecular weight excluding hydrogens is 630 g/mol. The first-order valence-electron chi connectivity index (χ1n) is 15.8. The largest absolute Gasteiger partial charge is 0.369 e. The Morgan fingerprint density at radius 2 is 1.94 bits per heavy atom. The molecule has 2 amide bonds. The molecule has 1 atom stereocenters. The molecule has 6 rings (SSSR count). The molecule has 0 bridgehead atoms. The van der Waals surface area contributed by atoms with Crippen LogP contribution in [0.4, 0.5) is 11.4 Å². The Labute approximate surface area is 283 Å². The number of aryl methyl sites for hydroxylation is 1. The minimum atomic E-state index is -2.59. The predicted octanol–water partition coefficient (Wildman–Crippen LogP) is 2.01. The molecule has 2 aliphatic heterocycles. The van der Waals surface area contributed by atoms with E-state index in [4.69, 9.17) is 4.74 Å². The first kappa shape index (κ1) is 35.1. The summed E-state index contributed by atoms with van der Waals surface area (Å²) < 4.78 is 6.67. The lowest BCUT2D eigenvalue weighted by atomic mass is 9.98. The van der Waals surface area contributed by atoms with Crippen LogP contribution in [0.2, 0.25) is 0 Å². The maximum absolute atomic E-state index is 12.7. The van der Waals surface area contributed by atoms with Gasteiger partial charge in [0.15, 0.2) is 5.82 Å². The number of fused-ring (bicyclic) bond motifs is 1. The summed E-state index contributed by atoms with van der Waals surface area (Å²) >= 11 is 0. The number of ether oxygens (including phenoxy) is 1. The van der Waals surface area contributed by atoms with Crippen molar-refractivity contribution in [1.29, 1.82) is 0 Å². The fourth-order valence-electron chi connectivity index (χ4n) is 5.67. The average Bonchev–Trinajstić information content (AvgIpc) is 3.75. The van der Waals surface area contributed by atoms with E-state index in [1.54, 1.807) is 23.3 Å². The van der Waals surface area contributed by atoms with Crippen molar-refractivity contribution in [3.8, 4) is 11.4 Å². The molecule has 0 saturated carbocycles. The first-order chi connectivity index (χ1) is 23.6. The summed E-state index contributed by atoms with van der Waals surface area (Å²) in [4.78, 5) is 43.9. The summed E-state index contributed by atoms with van der Waals surface area (Å²) in [6.07, 6.45) is 7.22. The van der Waals surface area contributed by atoms with Crippen molar-refractivity contribution < 1.29 is 24.5 Å². The Morgan fingerprint density at radius 1 is 1.16 bits per heavy atom. The Kier molecular flexibility index (Phi) is 11.3. The van der Waals surface area contributed by atoms with E-state index in [-0.39, 0.29) is 18.3 Å². The second-order valence-electron chi connectivity index (χ2n) is 11.6. The second-order valence-corrected chi connectivity index (χ2v) is 11.6. The summed E-state index contributed by atoms with van der Waals surface area (Å²) in [5, 5.41) is 27.8. The summed E-state index contributed by atoms with van der Waals surface area (Å²) in [7, 11) is 3.28. The number of hydrogen-bond acceptors (Lipinski definition) is 11. The van der Waals surface area contributed by atoms with Crippen LogP contribution < -0.4 is 21.7 Å². The number of benzene rings is 2. The van der Waals surface area contributed by atoms with Gasteiger partial charge < -0.3 is 35.6 Å². The number of hydrogen-bond donors (Lipinski definition) is 6. The van der Waals surface area contributed by atoms with Crippen LogP contribution in [-0.4, -0.2) is 91.5 Å². The SMILES string of the molecule is CCCN(COC)C(O)(O)C(=O)N1CC=C(c2ccc(-c3ncn(C)n3)cc2)CC1.O=CNc1ccc2c(c1)C(c1ccc(=O)[nH]c1)NN2. The number of anilines is 2. The van der Waals surface area contributed by atoms with E-state index in [0.717, 1.165) is 39.2 Å². The van der Waals surface area contributed by atoms with E-state index in [0.29, 0.717) is 44.7 Å². The first-order valence-corrected chi connectivity index (χ1v) is 15.8. The molecule has 0 aliphatic carbocycles. The lowest BCUT2D eigenvalue weighted by Gasteiger charge is -2.37. The van der Waals surface area contributed by atoms with Crippen molar-refractivity contribution >= 4 is 29.3 Å². The zero-order valence-electron chi connectivity index (χ0n) is 27.6. The normalized spacial score (nSPS) is 15.5. The minimum absolute atomic E-state index is 0.0427. The number of aromatic amines is 1. The molecule has 15 nitrogen and oxygen atoms in total. The fourth-order valence-corrected chi connectivity index (χ4v) is 5.67. The molecule has 1 unspecified atom stereocenters. The number of rotatable bonds is 11. The third kappa shape index (κ3) is 8.28. The van der Waals surface area contributed by atoms with Gasteiger partial charge in [-0.2, -0.15) is 5.10 Å². The van der Waals surface area contributed by atoms with E-state index in [1.807, 2.05) is 62.5 Å². The molecule has 2 aromatic heterocycles. The monoisotopic (exact) mass is 671 g/mol. The Morgan fingerprint density at radius 3 is 2.55 bits per heavy atom. The molecule has 0 spiro atoms. The Hall–Kier alpha value is -5.19. The maximum Gasteiger partial charge on any atom is 0.310 e. The Bertz CT molecular complexity index is 1810. The van der Waals surface area contributed by atoms with Gasteiger partial charge in [-0.15, -0.1) is 0 Å². The number of H-pyrrole nitrogens is 1. The van der Waals surface area contributed by atoms with Crippen molar-refractivity contribution in [2.24, 2.45) is 7.05 Å². The van der Waals surface area contributed by atoms with Crippen LogP contribution in [-0.2, 0) is 21.4 Å². The maximum atomic E-state index is 12.7. The molecule has 6 N–H and O–H groups in total. The van der Waals surface area contributed by atoms with Gasteiger partial charge in [-0.05, 0) is 47.7 Å². The van der Waals surface area contributed by atoms with Crippen LogP contribution in [0.3, 0.4) is 0 Å². The predicted molar refractivity (Wildman–Crippen MR) is 183 cm³/mol. The van der Waals surface area contributed by atoms with Crippen LogP contribution in [0.15, 0.2) is 78.0 Å². The number of hydrazine groups is 1. The highest BCUT2D eigenvalue weighted by molar-refractivity contribution is 5.84. The summed E-state index contributed by atoms with van der Waals surface area (Å²) in [5.74, 6) is -2.65. The van der Waals surface area contributed by atoms with Crippen LogP contribution in [0, 0.1) is 0 Å². The standard InChI is InChI=1S/C21H29N5O4.C13H12N4O2/c1-4-11-26(15-30-3)21(28,29)20(27)25-12-9-17(10-13-25)16-5-7-18(8-6-16)19-22-14-24(2)23-19;18-7-15-9-2-3-11-10(5-9)13(17-16-11)8-1-4-12(19)14-6-8/h5-9,14,28-29H,4,10-13,15H2,1-3H3;1-7,13,16-17H,(H,14,19)(H,15,18). The number of amides is 2. The molecular formula is C34H41N9O6. The van der Waals surface area contributed by atoms with E-state index >= 15 is 0 Å². The van der Waals surface area contributed by atoms with Crippen molar-refractivity contribution in [1.82, 2.24) is 35.0 Å². The number of carbonyl (C=O) groups is 2. The zero-order valence-corrected chi connectivity index (χ0v) is 27.6. The third-order valence-electron chi connectivity index (χ3n) is 8.20. The second kappa shape index (κ2) is 15.8. The van der Waals surface area contributed by atoms with Gasteiger partial charge in [-0.1, -0.05) is 43.3 Å². The molecule has 258 valence electrons. The molecule has 2 aromatic carbocycles. The van der Waals surface area contributed by atoms with Gasteiger partial charge in [0.2, 0.25) is 12.0 Å². The number of aliphatic hydroxyl groups is 2. The molecule has 2 aliphatic rings. The summed E-state index contributed by atoms with van der Waals surface area (Å²) in [6, 6.07) is 16.8. The number of aromatic nitrogens is 4. The highest BCUT2D eigenvalue weighted by atomic mass is 16.6. The quantitative estimate of drug-likeness (QED) is 0.101. The van der Waals surface area contributed by atoms with Gasteiger partial charge in [0.05, 0.1) is 11.7 Å². The molecule has 0 radical (unpaired) electrons. The zero-order chi connectivity index (χ0) is 35.0. The van der Waals surface area contributed by atoms with Crippen LogP contribution >= 0.6 is 0 Å². The molecule has 4 aromatic rings. The molecule has 15 heteroatoms. The third-order valence-corrected chi connectivity index (χ3v) is 8.20.